The Hall–Kier alpha value is -0.870. The zero-order valence-corrected chi connectivity index (χ0v) is 19.0. The van der Waals surface area contributed by atoms with Crippen LogP contribution in [-0.2, 0) is 9.53 Å². The van der Waals surface area contributed by atoms with Crippen molar-refractivity contribution in [3.63, 3.8) is 0 Å². The summed E-state index contributed by atoms with van der Waals surface area (Å²) in [7, 11) is 0. The molecule has 0 amide bonds. The fourth-order valence-corrected chi connectivity index (χ4v) is 6.15. The molecular weight excluding hydrogens is 416 g/mol. The minimum Gasteiger partial charge on any atom is -0.465 e. The Morgan fingerprint density at radius 1 is 1.36 bits per heavy atom. The van der Waals surface area contributed by atoms with Gasteiger partial charge in [-0.1, -0.05) is 59.7 Å². The van der Waals surface area contributed by atoms with Gasteiger partial charge in [-0.3, -0.25) is 4.79 Å². The summed E-state index contributed by atoms with van der Waals surface area (Å²) in [6.45, 7) is 9.43. The van der Waals surface area contributed by atoms with E-state index in [1.54, 1.807) is 5.57 Å². The highest BCUT2D eigenvalue weighted by Gasteiger charge is 2.50. The molecule has 1 N–H and O–H groups in total. The number of fused-ring (bicyclic) bond motifs is 1. The molecule has 0 aliphatic heterocycles. The average Bonchev–Trinajstić information content (AvgIpc) is 3.04. The summed E-state index contributed by atoms with van der Waals surface area (Å²) in [6.07, 6.45) is 13.0. The van der Waals surface area contributed by atoms with E-state index in [1.165, 1.54) is 43.3 Å². The molecular formula is C24H35BrO3. The third-order valence-corrected chi connectivity index (χ3v) is 7.99. The van der Waals surface area contributed by atoms with Crippen LogP contribution in [0.3, 0.4) is 0 Å². The van der Waals surface area contributed by atoms with Gasteiger partial charge in [0.05, 0.1) is 12.7 Å². The van der Waals surface area contributed by atoms with Crippen LogP contribution in [0.1, 0.15) is 65.2 Å². The normalized spacial score (nSPS) is 37.1. The number of ether oxygens (including phenoxy) is 1. The molecule has 3 fully saturated rings. The van der Waals surface area contributed by atoms with Gasteiger partial charge in [-0.05, 0) is 80.1 Å². The summed E-state index contributed by atoms with van der Waals surface area (Å²) in [6, 6.07) is 0. The Bertz CT molecular complexity index is 665. The topological polar surface area (TPSA) is 46.5 Å². The number of aliphatic hydroxyl groups is 1. The number of rotatable bonds is 5. The molecule has 3 saturated carbocycles. The Balaban J connectivity index is 1.72. The second-order valence-electron chi connectivity index (χ2n) is 9.32. The van der Waals surface area contributed by atoms with Crippen molar-refractivity contribution in [3.8, 4) is 0 Å². The van der Waals surface area contributed by atoms with Crippen LogP contribution in [0.25, 0.3) is 0 Å². The van der Waals surface area contributed by atoms with E-state index >= 15 is 0 Å². The summed E-state index contributed by atoms with van der Waals surface area (Å²) in [5, 5.41) is 10.3. The first kappa shape index (κ1) is 21.8. The summed E-state index contributed by atoms with van der Waals surface area (Å²) in [4.78, 5) is 11.5. The maximum absolute atomic E-state index is 11.5. The lowest BCUT2D eigenvalue weighted by molar-refractivity contribution is -0.142. The summed E-state index contributed by atoms with van der Waals surface area (Å²) in [5.41, 5.74) is 4.28. The number of hydrogen-bond donors (Lipinski definition) is 1. The zero-order valence-electron chi connectivity index (χ0n) is 17.4. The number of carbonyl (C=O) groups is 1. The average molecular weight is 451 g/mol. The van der Waals surface area contributed by atoms with E-state index in [1.807, 2.05) is 0 Å². The maximum Gasteiger partial charge on any atom is 0.316 e. The van der Waals surface area contributed by atoms with E-state index in [4.69, 9.17) is 4.74 Å². The maximum atomic E-state index is 11.5. The van der Waals surface area contributed by atoms with Crippen LogP contribution in [0.15, 0.2) is 35.5 Å². The standard InChI is InChI=1S/C24H35BrO3/c1-16-6-9-20(26)13-19(16)8-7-18-5-4-12-24(3)21(10-11-22(18)24)17(2)15-28-23(27)14-25/h7-8,17,20-22,26H,1,4-6,9-15H2,2-3H3/b18-7+,19-8-/t17-,20+,21?,22?,24+/m0/s1. The van der Waals surface area contributed by atoms with Crippen molar-refractivity contribution in [2.24, 2.45) is 23.2 Å². The molecule has 0 radical (unpaired) electrons. The number of esters is 1. The van der Waals surface area contributed by atoms with Gasteiger partial charge in [-0.15, -0.1) is 0 Å². The number of carbonyl (C=O) groups excluding carboxylic acids is 1. The predicted molar refractivity (Wildman–Crippen MR) is 117 cm³/mol. The van der Waals surface area contributed by atoms with Gasteiger partial charge in [-0.25, -0.2) is 0 Å². The van der Waals surface area contributed by atoms with Crippen LogP contribution in [0.2, 0.25) is 0 Å². The molecule has 0 saturated heterocycles. The SMILES string of the molecule is C=C1CC[C@@H](O)C/C1=C/C=C1\CCC[C@@]2(C)C1CCC2[C@@H](C)COC(=O)CBr. The molecule has 5 atom stereocenters. The van der Waals surface area contributed by atoms with Gasteiger partial charge >= 0.3 is 5.97 Å². The Kier molecular flexibility index (Phi) is 7.25. The van der Waals surface area contributed by atoms with Gasteiger partial charge in [-0.2, -0.15) is 0 Å². The van der Waals surface area contributed by atoms with E-state index < -0.39 is 0 Å². The van der Waals surface area contributed by atoms with Crippen molar-refractivity contribution in [2.75, 3.05) is 11.9 Å². The van der Waals surface area contributed by atoms with Gasteiger partial charge in [0.15, 0.2) is 0 Å². The predicted octanol–water partition coefficient (Wildman–Crippen LogP) is 5.73. The molecule has 28 heavy (non-hydrogen) atoms. The highest BCUT2D eigenvalue weighted by molar-refractivity contribution is 9.09. The minimum atomic E-state index is -0.217. The molecule has 0 heterocycles. The first-order valence-corrected chi connectivity index (χ1v) is 11.9. The summed E-state index contributed by atoms with van der Waals surface area (Å²) < 4.78 is 5.42. The van der Waals surface area contributed by atoms with Crippen molar-refractivity contribution >= 4 is 21.9 Å². The van der Waals surface area contributed by atoms with Gasteiger partial charge in [0.1, 0.15) is 5.33 Å². The second-order valence-corrected chi connectivity index (χ2v) is 9.88. The van der Waals surface area contributed by atoms with Crippen molar-refractivity contribution in [2.45, 2.75) is 71.3 Å². The first-order chi connectivity index (χ1) is 13.3. The number of hydrogen-bond acceptors (Lipinski definition) is 3. The van der Waals surface area contributed by atoms with Crippen molar-refractivity contribution < 1.29 is 14.6 Å². The van der Waals surface area contributed by atoms with Crippen molar-refractivity contribution in [3.05, 3.63) is 35.5 Å². The van der Waals surface area contributed by atoms with Gasteiger partial charge in [0.25, 0.3) is 0 Å². The fraction of sp³-hybridized carbons (Fsp3) is 0.708. The van der Waals surface area contributed by atoms with E-state index in [0.29, 0.717) is 29.8 Å². The van der Waals surface area contributed by atoms with E-state index in [0.717, 1.165) is 19.3 Å². The lowest BCUT2D eigenvalue weighted by Crippen LogP contribution is -2.37. The van der Waals surface area contributed by atoms with Crippen LogP contribution in [0, 0.1) is 23.2 Å². The molecule has 0 aromatic rings. The molecule has 3 rings (SSSR count). The lowest BCUT2D eigenvalue weighted by Gasteiger charge is -2.44. The van der Waals surface area contributed by atoms with Crippen LogP contribution in [0.5, 0.6) is 0 Å². The largest absolute Gasteiger partial charge is 0.465 e. The molecule has 0 spiro atoms. The first-order valence-electron chi connectivity index (χ1n) is 10.8. The molecule has 0 aromatic heterocycles. The molecule has 3 nitrogen and oxygen atoms in total. The van der Waals surface area contributed by atoms with Gasteiger partial charge < -0.3 is 9.84 Å². The number of alkyl halides is 1. The Morgan fingerprint density at radius 3 is 2.89 bits per heavy atom. The van der Waals surface area contributed by atoms with E-state index in [2.05, 4.69) is 48.5 Å². The van der Waals surface area contributed by atoms with Gasteiger partial charge in [0, 0.05) is 0 Å². The van der Waals surface area contributed by atoms with E-state index in [-0.39, 0.29) is 17.4 Å². The molecule has 156 valence electrons. The molecule has 0 bridgehead atoms. The van der Waals surface area contributed by atoms with Crippen molar-refractivity contribution in [1.82, 2.24) is 0 Å². The Morgan fingerprint density at radius 2 is 2.14 bits per heavy atom. The summed E-state index contributed by atoms with van der Waals surface area (Å²) >= 11 is 3.17. The van der Waals surface area contributed by atoms with Crippen LogP contribution in [-0.4, -0.2) is 29.1 Å². The van der Waals surface area contributed by atoms with Crippen LogP contribution >= 0.6 is 15.9 Å². The highest BCUT2D eigenvalue weighted by Crippen LogP contribution is 2.59. The number of allylic oxidation sites excluding steroid dienone is 4. The monoisotopic (exact) mass is 450 g/mol. The highest BCUT2D eigenvalue weighted by atomic mass is 79.9. The molecule has 2 unspecified atom stereocenters. The number of aliphatic hydroxyl groups excluding tert-OH is 1. The van der Waals surface area contributed by atoms with E-state index in [9.17, 15) is 9.90 Å². The zero-order chi connectivity index (χ0) is 20.3. The molecule has 3 aliphatic carbocycles. The molecule has 4 heteroatoms. The third-order valence-electron chi connectivity index (χ3n) is 7.53. The third kappa shape index (κ3) is 4.64. The van der Waals surface area contributed by atoms with Crippen molar-refractivity contribution in [1.29, 1.82) is 0 Å². The quantitative estimate of drug-likeness (QED) is 0.429. The second kappa shape index (κ2) is 9.30. The number of halogens is 1. The van der Waals surface area contributed by atoms with Gasteiger partial charge in [0.2, 0.25) is 0 Å². The molecule has 0 aromatic carbocycles. The minimum absolute atomic E-state index is 0.169. The summed E-state index contributed by atoms with van der Waals surface area (Å²) in [5.74, 6) is 1.45. The molecule has 3 aliphatic rings. The lowest BCUT2D eigenvalue weighted by atomic mass is 9.61. The fourth-order valence-electron chi connectivity index (χ4n) is 5.99. The Labute approximate surface area is 178 Å². The van der Waals surface area contributed by atoms with Crippen LogP contribution < -0.4 is 0 Å². The smallest absolute Gasteiger partial charge is 0.316 e. The van der Waals surface area contributed by atoms with Crippen LogP contribution in [0.4, 0.5) is 0 Å².